The Hall–Kier alpha value is -1.81. The van der Waals surface area contributed by atoms with Crippen LogP contribution in [0.15, 0.2) is 36.5 Å². The third kappa shape index (κ3) is 1.70. The molecule has 1 aliphatic rings. The van der Waals surface area contributed by atoms with Crippen LogP contribution >= 0.6 is 11.6 Å². The molecule has 0 radical (unpaired) electrons. The van der Waals surface area contributed by atoms with Gasteiger partial charge in [0.15, 0.2) is 5.41 Å². The monoisotopic (exact) mass is 250 g/mol. The zero-order valence-electron chi connectivity index (χ0n) is 8.94. The predicted octanol–water partition coefficient (Wildman–Crippen LogP) is 1.10. The summed E-state index contributed by atoms with van der Waals surface area (Å²) in [7, 11) is 0. The molecule has 0 fully saturated rings. The number of nitrogens with two attached hydrogens (primary N) is 1. The third-order valence-corrected chi connectivity index (χ3v) is 3.23. The number of hydrogen-bond donors (Lipinski definition) is 2. The van der Waals surface area contributed by atoms with Gasteiger partial charge >= 0.3 is 0 Å². The van der Waals surface area contributed by atoms with Gasteiger partial charge in [-0.2, -0.15) is 0 Å². The van der Waals surface area contributed by atoms with E-state index in [0.717, 1.165) is 0 Å². The molecule has 3 N–H and O–H groups in total. The van der Waals surface area contributed by atoms with Crippen molar-refractivity contribution in [3.05, 3.63) is 47.1 Å². The highest BCUT2D eigenvalue weighted by atomic mass is 35.5. The minimum Gasteiger partial charge on any atom is -0.368 e. The quantitative estimate of drug-likeness (QED) is 0.772. The number of halogens is 1. The molecule has 0 aromatic heterocycles. The average Bonchev–Trinajstić information content (AvgIpc) is 2.30. The Morgan fingerprint density at radius 1 is 1.41 bits per heavy atom. The molecule has 1 aliphatic heterocycles. The molecule has 1 aromatic carbocycles. The highest BCUT2D eigenvalue weighted by molar-refractivity contribution is 6.32. The first-order valence-electron chi connectivity index (χ1n) is 5.10. The molecular formula is C12H11ClN2O2. The minimum absolute atomic E-state index is 0.220. The lowest BCUT2D eigenvalue weighted by Gasteiger charge is -2.31. The van der Waals surface area contributed by atoms with Gasteiger partial charge in [0.1, 0.15) is 0 Å². The van der Waals surface area contributed by atoms with Crippen molar-refractivity contribution in [3.8, 4) is 0 Å². The van der Waals surface area contributed by atoms with Crippen molar-refractivity contribution < 1.29 is 9.59 Å². The van der Waals surface area contributed by atoms with Gasteiger partial charge in [0.25, 0.3) is 0 Å². The predicted molar refractivity (Wildman–Crippen MR) is 64.2 cm³/mol. The van der Waals surface area contributed by atoms with Crippen molar-refractivity contribution in [2.75, 3.05) is 0 Å². The molecule has 4 nitrogen and oxygen atoms in total. The van der Waals surface area contributed by atoms with Gasteiger partial charge in [-0.3, -0.25) is 9.59 Å². The van der Waals surface area contributed by atoms with E-state index >= 15 is 0 Å². The molecule has 1 unspecified atom stereocenters. The van der Waals surface area contributed by atoms with Crippen LogP contribution in [-0.2, 0) is 15.0 Å². The number of amides is 2. The van der Waals surface area contributed by atoms with Crippen molar-refractivity contribution in [1.29, 1.82) is 0 Å². The fourth-order valence-corrected chi connectivity index (χ4v) is 2.27. The molecule has 0 aliphatic carbocycles. The number of rotatable bonds is 2. The first kappa shape index (κ1) is 11.7. The fourth-order valence-electron chi connectivity index (χ4n) is 1.97. The Bertz CT molecular complexity index is 513. The molecule has 17 heavy (non-hydrogen) atoms. The van der Waals surface area contributed by atoms with E-state index in [4.69, 9.17) is 17.3 Å². The van der Waals surface area contributed by atoms with Crippen LogP contribution < -0.4 is 11.1 Å². The van der Waals surface area contributed by atoms with Crippen molar-refractivity contribution in [2.24, 2.45) is 5.73 Å². The van der Waals surface area contributed by atoms with E-state index in [2.05, 4.69) is 5.32 Å². The Labute approximate surface area is 103 Å². The molecule has 1 atom stereocenters. The van der Waals surface area contributed by atoms with E-state index in [1.54, 1.807) is 30.3 Å². The lowest BCUT2D eigenvalue weighted by molar-refractivity contribution is -0.135. The molecule has 0 spiro atoms. The van der Waals surface area contributed by atoms with E-state index in [1.807, 2.05) is 0 Å². The zero-order chi connectivity index (χ0) is 12.5. The van der Waals surface area contributed by atoms with E-state index in [0.29, 0.717) is 10.6 Å². The van der Waals surface area contributed by atoms with E-state index in [1.165, 1.54) is 6.20 Å². The van der Waals surface area contributed by atoms with E-state index < -0.39 is 17.2 Å². The van der Waals surface area contributed by atoms with Crippen LogP contribution in [0.1, 0.15) is 12.0 Å². The summed E-state index contributed by atoms with van der Waals surface area (Å²) in [5.74, 6) is -1.15. The molecule has 1 heterocycles. The molecule has 0 saturated carbocycles. The molecule has 2 rings (SSSR count). The Morgan fingerprint density at radius 3 is 2.71 bits per heavy atom. The summed E-state index contributed by atoms with van der Waals surface area (Å²) < 4.78 is 0. The highest BCUT2D eigenvalue weighted by Crippen LogP contribution is 2.35. The summed E-state index contributed by atoms with van der Waals surface area (Å²) in [4.78, 5) is 23.7. The first-order valence-corrected chi connectivity index (χ1v) is 5.48. The van der Waals surface area contributed by atoms with Gasteiger partial charge in [0.05, 0.1) is 0 Å². The smallest absolute Gasteiger partial charge is 0.244 e. The molecule has 2 amide bonds. The average molecular weight is 251 g/mol. The van der Waals surface area contributed by atoms with Gasteiger partial charge in [-0.05, 0) is 24.3 Å². The van der Waals surface area contributed by atoms with Crippen molar-refractivity contribution in [3.63, 3.8) is 0 Å². The standard InChI is InChI=1S/C12H11ClN2O2/c13-9-5-2-1-4-8(9)12(10(14)16)6-3-7-15-11(12)17/h1-5,7H,6H2,(H2,14,16)(H,15,17). The Morgan fingerprint density at radius 2 is 2.12 bits per heavy atom. The maximum atomic E-state index is 12.0. The van der Waals surface area contributed by atoms with Crippen LogP contribution in [0, 0.1) is 0 Å². The molecule has 1 aromatic rings. The number of carbonyl (C=O) groups excluding carboxylic acids is 2. The summed E-state index contributed by atoms with van der Waals surface area (Å²) >= 11 is 6.04. The largest absolute Gasteiger partial charge is 0.368 e. The van der Waals surface area contributed by atoms with Gasteiger partial charge in [0.2, 0.25) is 11.8 Å². The molecule has 0 bridgehead atoms. The summed E-state index contributed by atoms with van der Waals surface area (Å²) in [5.41, 5.74) is 4.43. The third-order valence-electron chi connectivity index (χ3n) is 2.90. The van der Waals surface area contributed by atoms with Gasteiger partial charge in [-0.15, -0.1) is 0 Å². The summed E-state index contributed by atoms with van der Waals surface area (Å²) in [6.45, 7) is 0. The van der Waals surface area contributed by atoms with Crippen molar-refractivity contribution in [1.82, 2.24) is 5.32 Å². The van der Waals surface area contributed by atoms with Crippen LogP contribution in [-0.4, -0.2) is 11.8 Å². The Balaban J connectivity index is 2.64. The van der Waals surface area contributed by atoms with E-state index in [9.17, 15) is 9.59 Å². The SMILES string of the molecule is NC(=O)C1(c2ccccc2Cl)CC=CNC1=O. The number of nitrogens with one attached hydrogen (secondary N) is 1. The van der Waals surface area contributed by atoms with E-state index in [-0.39, 0.29) is 6.42 Å². The number of allylic oxidation sites excluding steroid dienone is 1. The van der Waals surface area contributed by atoms with Crippen LogP contribution in [0.4, 0.5) is 0 Å². The first-order chi connectivity index (χ1) is 8.09. The second-order valence-electron chi connectivity index (χ2n) is 3.83. The second kappa shape index (κ2) is 4.22. The zero-order valence-corrected chi connectivity index (χ0v) is 9.70. The van der Waals surface area contributed by atoms with Crippen molar-refractivity contribution >= 4 is 23.4 Å². The summed E-state index contributed by atoms with van der Waals surface area (Å²) in [5, 5.41) is 2.86. The van der Waals surface area contributed by atoms with Crippen molar-refractivity contribution in [2.45, 2.75) is 11.8 Å². The van der Waals surface area contributed by atoms with Gasteiger partial charge in [0, 0.05) is 5.02 Å². The van der Waals surface area contributed by atoms with Gasteiger partial charge in [-0.25, -0.2) is 0 Å². The maximum absolute atomic E-state index is 12.0. The molecule has 0 saturated heterocycles. The minimum atomic E-state index is -1.41. The number of primary amides is 1. The number of hydrogen-bond acceptors (Lipinski definition) is 2. The summed E-state index contributed by atoms with van der Waals surface area (Å²) in [6.07, 6.45) is 3.41. The highest BCUT2D eigenvalue weighted by Gasteiger charge is 2.47. The fraction of sp³-hybridized carbons (Fsp3) is 0.167. The maximum Gasteiger partial charge on any atom is 0.244 e. The normalized spacial score (nSPS) is 23.2. The van der Waals surface area contributed by atoms with Gasteiger partial charge < -0.3 is 11.1 Å². The van der Waals surface area contributed by atoms with Gasteiger partial charge in [-0.1, -0.05) is 35.9 Å². The lowest BCUT2D eigenvalue weighted by atomic mass is 9.75. The second-order valence-corrected chi connectivity index (χ2v) is 4.24. The molecule has 88 valence electrons. The lowest BCUT2D eigenvalue weighted by Crippen LogP contribution is -2.53. The molecule has 5 heteroatoms. The number of carbonyl (C=O) groups is 2. The molecular weight excluding hydrogens is 240 g/mol. The van der Waals surface area contributed by atoms with Crippen LogP contribution in [0.3, 0.4) is 0 Å². The Kier molecular flexibility index (Phi) is 2.90. The number of benzene rings is 1. The summed E-state index contributed by atoms with van der Waals surface area (Å²) in [6, 6.07) is 6.73. The van der Waals surface area contributed by atoms with Crippen LogP contribution in [0.5, 0.6) is 0 Å². The van der Waals surface area contributed by atoms with Crippen LogP contribution in [0.25, 0.3) is 0 Å². The topological polar surface area (TPSA) is 72.2 Å². The van der Waals surface area contributed by atoms with Crippen LogP contribution in [0.2, 0.25) is 5.02 Å².